The Morgan fingerprint density at radius 3 is 2.62 bits per heavy atom. The number of sulfonamides is 1. The van der Waals surface area contributed by atoms with Crippen molar-refractivity contribution in [2.24, 2.45) is 0 Å². The first-order valence-electron chi connectivity index (χ1n) is 8.10. The zero-order chi connectivity index (χ0) is 18.3. The molecular weight excluding hydrogens is 374 g/mol. The topological polar surface area (TPSA) is 76.3 Å². The van der Waals surface area contributed by atoms with Crippen LogP contribution in [-0.4, -0.2) is 36.0 Å². The van der Waals surface area contributed by atoms with E-state index in [1.165, 1.54) is 10.4 Å². The fourth-order valence-corrected chi connectivity index (χ4v) is 4.91. The van der Waals surface area contributed by atoms with Crippen LogP contribution in [0.1, 0.15) is 17.4 Å². The fraction of sp³-hybridized carbons (Fsp3) is 0.222. The van der Waals surface area contributed by atoms with E-state index in [-0.39, 0.29) is 10.8 Å². The van der Waals surface area contributed by atoms with Crippen LogP contribution in [-0.2, 0) is 10.0 Å². The van der Waals surface area contributed by atoms with Gasteiger partial charge in [-0.1, -0.05) is 53.2 Å². The van der Waals surface area contributed by atoms with Gasteiger partial charge in [0.1, 0.15) is 0 Å². The number of halogens is 1. The van der Waals surface area contributed by atoms with Gasteiger partial charge in [0.05, 0.1) is 10.8 Å². The smallest absolute Gasteiger partial charge is 0.243 e. The summed E-state index contributed by atoms with van der Waals surface area (Å²) in [6, 6.07) is 14.4. The van der Waals surface area contributed by atoms with Gasteiger partial charge in [0, 0.05) is 23.7 Å². The van der Waals surface area contributed by atoms with E-state index < -0.39 is 10.0 Å². The molecule has 0 bridgehead atoms. The number of hydrogen-bond acceptors (Lipinski definition) is 5. The molecule has 4 rings (SSSR count). The zero-order valence-corrected chi connectivity index (χ0v) is 15.5. The van der Waals surface area contributed by atoms with Gasteiger partial charge < -0.3 is 4.52 Å². The number of benzene rings is 2. The molecule has 1 fully saturated rings. The second kappa shape index (κ2) is 6.50. The second-order valence-electron chi connectivity index (χ2n) is 6.25. The highest BCUT2D eigenvalue weighted by Crippen LogP contribution is 2.33. The predicted molar refractivity (Wildman–Crippen MR) is 97.4 cm³/mol. The normalized spacial score (nSPS) is 15.8. The van der Waals surface area contributed by atoms with E-state index in [2.05, 4.69) is 10.1 Å². The van der Waals surface area contributed by atoms with E-state index in [1.807, 2.05) is 30.3 Å². The summed E-state index contributed by atoms with van der Waals surface area (Å²) in [6.07, 6.45) is 0. The Morgan fingerprint density at radius 2 is 1.88 bits per heavy atom. The average Bonchev–Trinajstić information content (AvgIpc) is 3.06. The zero-order valence-electron chi connectivity index (χ0n) is 14.0. The van der Waals surface area contributed by atoms with Crippen molar-refractivity contribution in [3.05, 3.63) is 65.0 Å². The number of aryl methyl sites for hydroxylation is 1. The third kappa shape index (κ3) is 3.02. The van der Waals surface area contributed by atoms with Gasteiger partial charge in [-0.05, 0) is 24.6 Å². The first-order chi connectivity index (χ1) is 12.4. The van der Waals surface area contributed by atoms with Crippen LogP contribution in [0.15, 0.2) is 57.9 Å². The molecule has 1 aromatic heterocycles. The summed E-state index contributed by atoms with van der Waals surface area (Å²) in [7, 11) is -3.58. The van der Waals surface area contributed by atoms with Crippen molar-refractivity contribution in [3.63, 3.8) is 0 Å². The maximum absolute atomic E-state index is 12.8. The van der Waals surface area contributed by atoms with E-state index in [4.69, 9.17) is 16.1 Å². The van der Waals surface area contributed by atoms with E-state index in [0.29, 0.717) is 35.4 Å². The molecule has 26 heavy (non-hydrogen) atoms. The van der Waals surface area contributed by atoms with Gasteiger partial charge in [0.2, 0.25) is 21.7 Å². The van der Waals surface area contributed by atoms with Crippen LogP contribution in [0.3, 0.4) is 0 Å². The molecule has 0 spiro atoms. The number of aromatic nitrogens is 2. The molecule has 0 atom stereocenters. The maximum atomic E-state index is 12.8. The summed E-state index contributed by atoms with van der Waals surface area (Å²) in [5.74, 6) is 0.861. The Morgan fingerprint density at radius 1 is 1.15 bits per heavy atom. The van der Waals surface area contributed by atoms with Crippen molar-refractivity contribution in [2.45, 2.75) is 17.7 Å². The highest BCUT2D eigenvalue weighted by atomic mass is 35.5. The molecule has 6 nitrogen and oxygen atoms in total. The van der Waals surface area contributed by atoms with E-state index in [0.717, 1.165) is 5.56 Å². The summed E-state index contributed by atoms with van der Waals surface area (Å²) >= 11 is 5.96. The number of hydrogen-bond donors (Lipinski definition) is 0. The minimum Gasteiger partial charge on any atom is -0.339 e. The molecule has 1 saturated heterocycles. The van der Waals surface area contributed by atoms with Gasteiger partial charge in [0.25, 0.3) is 0 Å². The third-order valence-electron chi connectivity index (χ3n) is 4.44. The Bertz CT molecular complexity index is 1040. The Kier molecular flexibility index (Phi) is 4.30. The molecule has 8 heteroatoms. The lowest BCUT2D eigenvalue weighted by Crippen LogP contribution is -2.48. The summed E-state index contributed by atoms with van der Waals surface area (Å²) in [5.41, 5.74) is 1.53. The summed E-state index contributed by atoms with van der Waals surface area (Å²) in [6.45, 7) is 2.38. The predicted octanol–water partition coefficient (Wildman–Crippen LogP) is 3.49. The lowest BCUT2D eigenvalue weighted by atomic mass is 10.0. The molecule has 0 N–H and O–H groups in total. The summed E-state index contributed by atoms with van der Waals surface area (Å²) in [4.78, 5) is 4.64. The summed E-state index contributed by atoms with van der Waals surface area (Å²) < 4.78 is 32.3. The van der Waals surface area contributed by atoms with E-state index in [9.17, 15) is 8.42 Å². The number of rotatable bonds is 4. The molecule has 0 saturated carbocycles. The Balaban J connectivity index is 1.50. The molecule has 2 aromatic carbocycles. The van der Waals surface area contributed by atoms with Crippen molar-refractivity contribution >= 4 is 21.6 Å². The minimum absolute atomic E-state index is 0.103. The lowest BCUT2D eigenvalue weighted by Gasteiger charge is -2.36. The van der Waals surface area contributed by atoms with Crippen molar-refractivity contribution in [1.29, 1.82) is 0 Å². The van der Waals surface area contributed by atoms with E-state index >= 15 is 0 Å². The van der Waals surface area contributed by atoms with Crippen molar-refractivity contribution in [1.82, 2.24) is 14.4 Å². The highest BCUT2D eigenvalue weighted by Gasteiger charge is 2.41. The first-order valence-corrected chi connectivity index (χ1v) is 9.92. The highest BCUT2D eigenvalue weighted by molar-refractivity contribution is 7.89. The average molecular weight is 390 g/mol. The third-order valence-corrected chi connectivity index (χ3v) is 6.65. The van der Waals surface area contributed by atoms with Crippen LogP contribution in [0.4, 0.5) is 0 Å². The van der Waals surface area contributed by atoms with Crippen LogP contribution in [0.5, 0.6) is 0 Å². The SMILES string of the molecule is Cc1ccc(Cl)cc1S(=O)(=O)N1CC(c2nc(-c3ccccc3)no2)C1. The molecular formula is C18H16ClN3O3S. The molecule has 1 aliphatic rings. The lowest BCUT2D eigenvalue weighted by molar-refractivity contribution is 0.216. The largest absolute Gasteiger partial charge is 0.339 e. The molecule has 134 valence electrons. The standard InChI is InChI=1S/C18H16ClN3O3S/c1-12-7-8-15(19)9-16(12)26(23,24)22-10-14(11-22)18-20-17(21-25-18)13-5-3-2-4-6-13/h2-9,14H,10-11H2,1H3. The van der Waals surface area contributed by atoms with Crippen LogP contribution >= 0.6 is 11.6 Å². The molecule has 0 amide bonds. The minimum atomic E-state index is -3.58. The van der Waals surface area contributed by atoms with Crippen LogP contribution in [0, 0.1) is 6.92 Å². The quantitative estimate of drug-likeness (QED) is 0.682. The van der Waals surface area contributed by atoms with Crippen LogP contribution in [0.25, 0.3) is 11.4 Å². The monoisotopic (exact) mass is 389 g/mol. The molecule has 0 unspecified atom stereocenters. The Hall–Kier alpha value is -2.22. The Labute approximate surface area is 156 Å². The fourth-order valence-electron chi connectivity index (χ4n) is 2.89. The van der Waals surface area contributed by atoms with Gasteiger partial charge in [0.15, 0.2) is 0 Å². The van der Waals surface area contributed by atoms with E-state index in [1.54, 1.807) is 19.1 Å². The molecule has 0 aliphatic carbocycles. The van der Waals surface area contributed by atoms with Crippen molar-refractivity contribution in [2.75, 3.05) is 13.1 Å². The van der Waals surface area contributed by atoms with Gasteiger partial charge >= 0.3 is 0 Å². The van der Waals surface area contributed by atoms with Gasteiger partial charge in [-0.15, -0.1) is 0 Å². The summed E-state index contributed by atoms with van der Waals surface area (Å²) in [5, 5.41) is 4.39. The van der Waals surface area contributed by atoms with Crippen LogP contribution in [0.2, 0.25) is 5.02 Å². The molecule has 2 heterocycles. The molecule has 3 aromatic rings. The van der Waals surface area contributed by atoms with Crippen molar-refractivity contribution < 1.29 is 12.9 Å². The van der Waals surface area contributed by atoms with Gasteiger partial charge in [-0.3, -0.25) is 0 Å². The molecule has 1 aliphatic heterocycles. The first kappa shape index (κ1) is 17.2. The maximum Gasteiger partial charge on any atom is 0.243 e. The van der Waals surface area contributed by atoms with Crippen molar-refractivity contribution in [3.8, 4) is 11.4 Å². The van der Waals surface area contributed by atoms with Gasteiger partial charge in [-0.2, -0.15) is 9.29 Å². The number of nitrogens with zero attached hydrogens (tertiary/aromatic N) is 3. The molecule has 0 radical (unpaired) electrons. The second-order valence-corrected chi connectivity index (χ2v) is 8.59. The van der Waals surface area contributed by atoms with Gasteiger partial charge in [-0.25, -0.2) is 8.42 Å². The van der Waals surface area contributed by atoms with Crippen LogP contribution < -0.4 is 0 Å².